The molecule has 2 unspecified atom stereocenters. The van der Waals surface area contributed by atoms with Crippen molar-refractivity contribution in [1.82, 2.24) is 38.5 Å². The molecule has 0 spiro atoms. The Balaban J connectivity index is 1.05. The van der Waals surface area contributed by atoms with Gasteiger partial charge in [0.15, 0.2) is 5.65 Å². The number of rotatable bonds is 7. The summed E-state index contributed by atoms with van der Waals surface area (Å²) >= 11 is 1.27. The van der Waals surface area contributed by atoms with Crippen molar-refractivity contribution >= 4 is 50.2 Å². The maximum Gasteiger partial charge on any atom is 0.253 e. The molecule has 0 aromatic carbocycles. The third-order valence-corrected chi connectivity index (χ3v) is 11.5. The highest BCUT2D eigenvalue weighted by molar-refractivity contribution is 7.91. The van der Waals surface area contributed by atoms with Crippen LogP contribution in [0.15, 0.2) is 52.4 Å². The van der Waals surface area contributed by atoms with Crippen molar-refractivity contribution in [2.45, 2.75) is 35.7 Å². The summed E-state index contributed by atoms with van der Waals surface area (Å²) in [7, 11) is -1.44. The number of likely N-dealkylation sites (N-methyl/N-ethyl adjacent to an activating group) is 1. The minimum absolute atomic E-state index is 0.0560. The van der Waals surface area contributed by atoms with Gasteiger partial charge >= 0.3 is 0 Å². The molecule has 41 heavy (non-hydrogen) atoms. The van der Waals surface area contributed by atoms with Gasteiger partial charge in [-0.3, -0.25) is 9.48 Å². The molecule has 2 atom stereocenters. The van der Waals surface area contributed by atoms with Crippen molar-refractivity contribution in [3.05, 3.63) is 48.2 Å². The maximum absolute atomic E-state index is 13.3. The molecular formula is C26H32N10O3S2. The van der Waals surface area contributed by atoms with E-state index in [1.165, 1.54) is 11.3 Å². The summed E-state index contributed by atoms with van der Waals surface area (Å²) in [5.41, 5.74) is 2.31. The van der Waals surface area contributed by atoms with E-state index in [1.54, 1.807) is 38.0 Å². The summed E-state index contributed by atoms with van der Waals surface area (Å²) in [5.74, 6) is 0.477. The number of piperazine rings is 2. The maximum atomic E-state index is 13.3. The number of amides is 1. The van der Waals surface area contributed by atoms with Crippen LogP contribution in [0.5, 0.6) is 0 Å². The molecule has 7 heterocycles. The fourth-order valence-electron chi connectivity index (χ4n) is 6.10. The van der Waals surface area contributed by atoms with Gasteiger partial charge in [-0.05, 0) is 43.5 Å². The van der Waals surface area contributed by atoms with Gasteiger partial charge in [-0.2, -0.15) is 14.4 Å². The van der Waals surface area contributed by atoms with Gasteiger partial charge in [0, 0.05) is 63.7 Å². The van der Waals surface area contributed by atoms with Gasteiger partial charge in [0.05, 0.1) is 17.6 Å². The predicted octanol–water partition coefficient (Wildman–Crippen LogP) is 1.55. The topological polar surface area (TPSA) is 124 Å². The van der Waals surface area contributed by atoms with Crippen LogP contribution in [0.3, 0.4) is 0 Å². The Morgan fingerprint density at radius 1 is 1.10 bits per heavy atom. The first-order valence-electron chi connectivity index (χ1n) is 13.8. The molecule has 1 N–H and O–H groups in total. The van der Waals surface area contributed by atoms with E-state index in [0.717, 1.165) is 44.7 Å². The van der Waals surface area contributed by atoms with Gasteiger partial charge < -0.3 is 20.0 Å². The number of thiophene rings is 1. The smallest absolute Gasteiger partial charge is 0.253 e. The van der Waals surface area contributed by atoms with Crippen LogP contribution in [-0.2, 0) is 21.4 Å². The average molecular weight is 597 g/mol. The number of sulfonamides is 1. The number of pyridine rings is 1. The molecule has 1 amide bonds. The summed E-state index contributed by atoms with van der Waals surface area (Å²) < 4.78 is 32.2. The van der Waals surface area contributed by atoms with Crippen LogP contribution in [0, 0.1) is 0 Å². The van der Waals surface area contributed by atoms with E-state index in [0.29, 0.717) is 34.6 Å². The van der Waals surface area contributed by atoms with Crippen molar-refractivity contribution in [2.75, 3.05) is 56.5 Å². The van der Waals surface area contributed by atoms with Crippen LogP contribution >= 0.6 is 11.3 Å². The van der Waals surface area contributed by atoms with Crippen molar-refractivity contribution in [1.29, 1.82) is 0 Å². The van der Waals surface area contributed by atoms with E-state index >= 15 is 0 Å². The molecule has 3 fully saturated rings. The minimum Gasteiger partial charge on any atom is -0.365 e. The Morgan fingerprint density at radius 2 is 1.88 bits per heavy atom. The van der Waals surface area contributed by atoms with Crippen molar-refractivity contribution in [3.8, 4) is 0 Å². The fourth-order valence-corrected chi connectivity index (χ4v) is 9.04. The molecule has 216 valence electrons. The van der Waals surface area contributed by atoms with Gasteiger partial charge in [0.25, 0.3) is 10.0 Å². The van der Waals surface area contributed by atoms with Gasteiger partial charge in [-0.25, -0.2) is 12.9 Å². The number of aromatic nitrogens is 5. The van der Waals surface area contributed by atoms with E-state index in [1.807, 2.05) is 28.6 Å². The highest BCUT2D eigenvalue weighted by Crippen LogP contribution is 2.38. The SMILES string of the molecule is CN1CCN(C(=O)Cn2cc(Nc3nc4c(N5CC6CCC(C5)N6S(=O)(=O)c5cccs5)cccn4n3)cn2)CC1. The molecule has 4 aromatic heterocycles. The molecule has 3 aliphatic rings. The lowest BCUT2D eigenvalue weighted by atomic mass is 10.2. The Bertz CT molecular complexity index is 1650. The van der Waals surface area contributed by atoms with Gasteiger partial charge in [0.2, 0.25) is 11.9 Å². The number of anilines is 3. The van der Waals surface area contributed by atoms with E-state index in [2.05, 4.69) is 32.4 Å². The van der Waals surface area contributed by atoms with Crippen LogP contribution in [0.1, 0.15) is 12.8 Å². The zero-order valence-electron chi connectivity index (χ0n) is 22.7. The summed E-state index contributed by atoms with van der Waals surface area (Å²) in [6.45, 7) is 4.61. The number of hydrogen-bond acceptors (Lipinski definition) is 10. The molecule has 3 saturated heterocycles. The fraction of sp³-hybridized carbons (Fsp3) is 0.462. The highest BCUT2D eigenvalue weighted by atomic mass is 32.2. The molecule has 0 radical (unpaired) electrons. The van der Waals surface area contributed by atoms with Crippen LogP contribution in [0.4, 0.5) is 17.3 Å². The van der Waals surface area contributed by atoms with E-state index in [9.17, 15) is 13.2 Å². The van der Waals surface area contributed by atoms with Crippen LogP contribution in [0.25, 0.3) is 5.65 Å². The second kappa shape index (κ2) is 10.4. The first kappa shape index (κ1) is 26.4. The Morgan fingerprint density at radius 3 is 2.61 bits per heavy atom. The normalized spacial score (nSPS) is 22.1. The van der Waals surface area contributed by atoms with Crippen molar-refractivity contribution < 1.29 is 13.2 Å². The number of carbonyl (C=O) groups is 1. The Kier molecular flexibility index (Phi) is 6.68. The molecule has 2 bridgehead atoms. The number of nitrogens with zero attached hydrogens (tertiary/aromatic N) is 9. The van der Waals surface area contributed by atoms with Gasteiger partial charge in [-0.1, -0.05) is 6.07 Å². The van der Waals surface area contributed by atoms with E-state index < -0.39 is 10.0 Å². The van der Waals surface area contributed by atoms with Crippen molar-refractivity contribution in [2.24, 2.45) is 0 Å². The van der Waals surface area contributed by atoms with E-state index in [4.69, 9.17) is 4.98 Å². The predicted molar refractivity (Wildman–Crippen MR) is 155 cm³/mol. The lowest BCUT2D eigenvalue weighted by molar-refractivity contribution is -0.133. The van der Waals surface area contributed by atoms with Gasteiger partial charge in [0.1, 0.15) is 10.8 Å². The Labute approximate surface area is 242 Å². The van der Waals surface area contributed by atoms with Crippen LogP contribution < -0.4 is 10.2 Å². The summed E-state index contributed by atoms with van der Waals surface area (Å²) in [4.78, 5) is 23.8. The van der Waals surface area contributed by atoms with Gasteiger partial charge in [-0.15, -0.1) is 16.4 Å². The minimum atomic E-state index is -3.50. The second-order valence-electron chi connectivity index (χ2n) is 10.9. The number of carbonyl (C=O) groups excluding carboxylic acids is 1. The standard InChI is InChI=1S/C26H32N10O3S2/c1-31-9-11-32(12-10-31)23(37)18-34-15-19(14-27-34)28-26-29-25-22(4-2-8-35(25)30-26)33-16-20-6-7-21(17-33)36(20)41(38,39)24-5-3-13-40-24/h2-5,8,13-15,20-21H,6-7,9-12,16-18H2,1H3,(H,28,30). The van der Waals surface area contributed by atoms with Crippen LogP contribution in [-0.4, -0.2) is 111 Å². The number of nitrogens with one attached hydrogen (secondary N) is 1. The van der Waals surface area contributed by atoms with E-state index in [-0.39, 0.29) is 24.5 Å². The second-order valence-corrected chi connectivity index (χ2v) is 13.9. The zero-order chi connectivity index (χ0) is 28.1. The number of hydrogen-bond donors (Lipinski definition) is 1. The lowest BCUT2D eigenvalue weighted by Crippen LogP contribution is -2.55. The molecule has 15 heteroatoms. The largest absolute Gasteiger partial charge is 0.365 e. The number of fused-ring (bicyclic) bond motifs is 3. The summed E-state index contributed by atoms with van der Waals surface area (Å²) in [6.07, 6.45) is 6.98. The molecule has 7 rings (SSSR count). The zero-order valence-corrected chi connectivity index (χ0v) is 24.3. The summed E-state index contributed by atoms with van der Waals surface area (Å²) in [6, 6.07) is 7.25. The molecular weight excluding hydrogens is 564 g/mol. The average Bonchev–Trinajstić information content (AvgIpc) is 3.76. The Hall–Kier alpha value is -3.53. The quantitative estimate of drug-likeness (QED) is 0.338. The molecule has 4 aromatic rings. The first-order chi connectivity index (χ1) is 19.8. The third-order valence-electron chi connectivity index (χ3n) is 8.17. The molecule has 3 aliphatic heterocycles. The molecule has 0 saturated carbocycles. The molecule has 0 aliphatic carbocycles. The lowest BCUT2D eigenvalue weighted by Gasteiger charge is -2.40. The van der Waals surface area contributed by atoms with Crippen molar-refractivity contribution in [3.63, 3.8) is 0 Å². The summed E-state index contributed by atoms with van der Waals surface area (Å²) in [5, 5.41) is 14.0. The first-order valence-corrected chi connectivity index (χ1v) is 16.1. The highest BCUT2D eigenvalue weighted by Gasteiger charge is 2.47. The van der Waals surface area contributed by atoms with Crippen LogP contribution in [0.2, 0.25) is 0 Å². The molecule has 13 nitrogen and oxygen atoms in total. The monoisotopic (exact) mass is 596 g/mol. The third kappa shape index (κ3) is 4.96.